The van der Waals surface area contributed by atoms with E-state index in [4.69, 9.17) is 9.84 Å². The third kappa shape index (κ3) is 3.23. The summed E-state index contributed by atoms with van der Waals surface area (Å²) in [5.74, 6) is -1.06. The van der Waals surface area contributed by atoms with E-state index in [-0.39, 0.29) is 24.0 Å². The van der Waals surface area contributed by atoms with Crippen molar-refractivity contribution in [3.05, 3.63) is 0 Å². The van der Waals surface area contributed by atoms with Crippen LogP contribution in [0.1, 0.15) is 26.7 Å². The SMILES string of the molecule is CCOC1CCN(C(=O)N2CC(C(C)C(=O)O)C2)CC1. The highest BCUT2D eigenvalue weighted by atomic mass is 16.5. The number of carboxylic acids is 1. The molecule has 2 heterocycles. The van der Waals surface area contributed by atoms with E-state index in [9.17, 15) is 9.59 Å². The lowest BCUT2D eigenvalue weighted by Crippen LogP contribution is -2.58. The van der Waals surface area contributed by atoms with Gasteiger partial charge in [0.2, 0.25) is 0 Å². The van der Waals surface area contributed by atoms with Gasteiger partial charge in [0.15, 0.2) is 0 Å². The van der Waals surface area contributed by atoms with Crippen molar-refractivity contribution in [3.63, 3.8) is 0 Å². The van der Waals surface area contributed by atoms with Crippen LogP contribution in [0.3, 0.4) is 0 Å². The summed E-state index contributed by atoms with van der Waals surface area (Å²) >= 11 is 0. The van der Waals surface area contributed by atoms with Crippen molar-refractivity contribution in [2.75, 3.05) is 32.8 Å². The Balaban J connectivity index is 1.73. The van der Waals surface area contributed by atoms with Crippen LogP contribution in [0, 0.1) is 11.8 Å². The number of likely N-dealkylation sites (tertiary alicyclic amines) is 2. The van der Waals surface area contributed by atoms with Gasteiger partial charge < -0.3 is 19.6 Å². The highest BCUT2D eigenvalue weighted by Crippen LogP contribution is 2.26. The molecule has 2 rings (SSSR count). The molecule has 2 amide bonds. The fourth-order valence-corrected chi connectivity index (χ4v) is 2.84. The number of hydrogen-bond acceptors (Lipinski definition) is 3. The van der Waals surface area contributed by atoms with Crippen LogP contribution in [0.15, 0.2) is 0 Å². The van der Waals surface area contributed by atoms with Gasteiger partial charge in [0, 0.05) is 38.7 Å². The molecule has 0 aromatic carbocycles. The molecule has 0 radical (unpaired) electrons. The molecule has 6 nitrogen and oxygen atoms in total. The average molecular weight is 284 g/mol. The molecule has 2 fully saturated rings. The molecule has 6 heteroatoms. The molecule has 0 aliphatic carbocycles. The first-order chi connectivity index (χ1) is 9.52. The maximum atomic E-state index is 12.2. The van der Waals surface area contributed by atoms with Crippen LogP contribution >= 0.6 is 0 Å². The molecule has 2 aliphatic heterocycles. The predicted molar refractivity (Wildman–Crippen MR) is 73.5 cm³/mol. The standard InChI is InChI=1S/C14H24N2O4/c1-3-20-12-4-6-15(7-5-12)14(19)16-8-11(9-16)10(2)13(17)18/h10-12H,3-9H2,1-2H3,(H,17,18). The van der Waals surface area contributed by atoms with E-state index in [1.54, 1.807) is 11.8 Å². The van der Waals surface area contributed by atoms with E-state index < -0.39 is 5.97 Å². The second-order valence-electron chi connectivity index (χ2n) is 5.72. The number of urea groups is 1. The van der Waals surface area contributed by atoms with Gasteiger partial charge in [-0.1, -0.05) is 6.92 Å². The molecular formula is C14H24N2O4. The summed E-state index contributed by atoms with van der Waals surface area (Å²) in [7, 11) is 0. The second kappa shape index (κ2) is 6.43. The molecule has 1 unspecified atom stereocenters. The van der Waals surface area contributed by atoms with Crippen molar-refractivity contribution < 1.29 is 19.4 Å². The summed E-state index contributed by atoms with van der Waals surface area (Å²) in [4.78, 5) is 26.7. The zero-order valence-electron chi connectivity index (χ0n) is 12.2. The molecule has 0 spiro atoms. The molecule has 0 bridgehead atoms. The number of amides is 2. The Morgan fingerprint density at radius 2 is 1.85 bits per heavy atom. The van der Waals surface area contributed by atoms with Gasteiger partial charge in [-0.25, -0.2) is 4.79 Å². The summed E-state index contributed by atoms with van der Waals surface area (Å²) < 4.78 is 5.57. The minimum atomic E-state index is -0.778. The monoisotopic (exact) mass is 284 g/mol. The summed E-state index contributed by atoms with van der Waals surface area (Å²) in [5.41, 5.74) is 0. The molecule has 1 atom stereocenters. The summed E-state index contributed by atoms with van der Waals surface area (Å²) in [6.45, 7) is 7.02. The van der Waals surface area contributed by atoms with E-state index in [2.05, 4.69) is 0 Å². The van der Waals surface area contributed by atoms with Gasteiger partial charge in [0.1, 0.15) is 0 Å². The predicted octanol–water partition coefficient (Wildman–Crippen LogP) is 1.26. The van der Waals surface area contributed by atoms with Gasteiger partial charge >= 0.3 is 12.0 Å². The molecule has 0 aromatic rings. The first-order valence-corrected chi connectivity index (χ1v) is 7.41. The zero-order chi connectivity index (χ0) is 14.7. The summed E-state index contributed by atoms with van der Waals surface area (Å²) in [6.07, 6.45) is 2.06. The number of carboxylic acid groups (broad SMARTS) is 1. The number of piperidine rings is 1. The quantitative estimate of drug-likeness (QED) is 0.843. The molecule has 20 heavy (non-hydrogen) atoms. The number of ether oxygens (including phenoxy) is 1. The van der Waals surface area contributed by atoms with Crippen LogP contribution in [0.2, 0.25) is 0 Å². The van der Waals surface area contributed by atoms with Crippen molar-refractivity contribution in [3.8, 4) is 0 Å². The van der Waals surface area contributed by atoms with Gasteiger partial charge in [0.05, 0.1) is 12.0 Å². The fourth-order valence-electron chi connectivity index (χ4n) is 2.84. The number of carbonyl (C=O) groups excluding carboxylic acids is 1. The maximum Gasteiger partial charge on any atom is 0.320 e. The van der Waals surface area contributed by atoms with E-state index in [1.165, 1.54) is 0 Å². The minimum Gasteiger partial charge on any atom is -0.481 e. The third-order valence-corrected chi connectivity index (χ3v) is 4.39. The Hall–Kier alpha value is -1.30. The molecule has 0 saturated carbocycles. The van der Waals surface area contributed by atoms with Gasteiger partial charge in [-0.15, -0.1) is 0 Å². The Labute approximate surface area is 119 Å². The van der Waals surface area contributed by atoms with E-state index in [0.29, 0.717) is 13.1 Å². The minimum absolute atomic E-state index is 0.0498. The lowest BCUT2D eigenvalue weighted by molar-refractivity contribution is -0.145. The van der Waals surface area contributed by atoms with E-state index in [1.807, 2.05) is 11.8 Å². The molecule has 0 aromatic heterocycles. The van der Waals surface area contributed by atoms with Gasteiger partial charge in [-0.3, -0.25) is 4.79 Å². The van der Waals surface area contributed by atoms with Crippen molar-refractivity contribution in [1.29, 1.82) is 0 Å². The topological polar surface area (TPSA) is 70.1 Å². The molecule has 2 aliphatic rings. The number of hydrogen-bond donors (Lipinski definition) is 1. The Bertz CT molecular complexity index is 360. The van der Waals surface area contributed by atoms with Gasteiger partial charge in [-0.05, 0) is 19.8 Å². The number of nitrogens with zero attached hydrogens (tertiary/aromatic N) is 2. The molecule has 114 valence electrons. The smallest absolute Gasteiger partial charge is 0.320 e. The number of rotatable bonds is 4. The highest BCUT2D eigenvalue weighted by molar-refractivity contribution is 5.76. The first kappa shape index (κ1) is 15.1. The Morgan fingerprint density at radius 3 is 2.35 bits per heavy atom. The second-order valence-corrected chi connectivity index (χ2v) is 5.72. The first-order valence-electron chi connectivity index (χ1n) is 7.41. The lowest BCUT2D eigenvalue weighted by atomic mass is 9.87. The van der Waals surface area contributed by atoms with Crippen molar-refractivity contribution >= 4 is 12.0 Å². The van der Waals surface area contributed by atoms with E-state index >= 15 is 0 Å². The molecular weight excluding hydrogens is 260 g/mol. The van der Waals surface area contributed by atoms with Crippen LogP contribution in [-0.4, -0.2) is 65.8 Å². The van der Waals surface area contributed by atoms with Gasteiger partial charge in [-0.2, -0.15) is 0 Å². The van der Waals surface area contributed by atoms with Crippen LogP contribution in [0.25, 0.3) is 0 Å². The fraction of sp³-hybridized carbons (Fsp3) is 0.857. The largest absolute Gasteiger partial charge is 0.481 e. The summed E-state index contributed by atoms with van der Waals surface area (Å²) in [5, 5.41) is 8.94. The molecule has 1 N–H and O–H groups in total. The van der Waals surface area contributed by atoms with Gasteiger partial charge in [0.25, 0.3) is 0 Å². The van der Waals surface area contributed by atoms with Crippen LogP contribution in [-0.2, 0) is 9.53 Å². The normalized spacial score (nSPS) is 22.5. The van der Waals surface area contributed by atoms with Crippen molar-refractivity contribution in [2.45, 2.75) is 32.8 Å². The van der Waals surface area contributed by atoms with Crippen molar-refractivity contribution in [2.24, 2.45) is 11.8 Å². The maximum absolute atomic E-state index is 12.2. The Kier molecular flexibility index (Phi) is 4.86. The Morgan fingerprint density at radius 1 is 1.25 bits per heavy atom. The lowest BCUT2D eigenvalue weighted by Gasteiger charge is -2.44. The highest BCUT2D eigenvalue weighted by Gasteiger charge is 2.39. The average Bonchev–Trinajstić information content (AvgIpc) is 2.37. The molecule has 2 saturated heterocycles. The van der Waals surface area contributed by atoms with Crippen LogP contribution in [0.4, 0.5) is 4.79 Å². The van der Waals surface area contributed by atoms with Crippen molar-refractivity contribution in [1.82, 2.24) is 9.80 Å². The summed E-state index contributed by atoms with van der Waals surface area (Å²) in [6, 6.07) is 0.0498. The zero-order valence-corrected chi connectivity index (χ0v) is 12.2. The van der Waals surface area contributed by atoms with E-state index in [0.717, 1.165) is 32.5 Å². The van der Waals surface area contributed by atoms with Crippen LogP contribution in [0.5, 0.6) is 0 Å². The number of aliphatic carboxylic acids is 1. The number of carbonyl (C=O) groups is 2. The van der Waals surface area contributed by atoms with Crippen LogP contribution < -0.4 is 0 Å². The third-order valence-electron chi connectivity index (χ3n) is 4.39.